The fraction of sp³-hybridized carbons (Fsp3) is 0.391. The SMILES string of the molecule is CNC(=O)C1CCC(COCc2csc3nc(C(=O)NCc4cccc(Cl)c4)[nH]c(=O)c23)C1. The summed E-state index contributed by atoms with van der Waals surface area (Å²) < 4.78 is 5.87. The number of carbonyl (C=O) groups excluding carboxylic acids is 2. The molecule has 1 aromatic carbocycles. The van der Waals surface area contributed by atoms with E-state index in [-0.39, 0.29) is 36.4 Å². The van der Waals surface area contributed by atoms with E-state index in [1.807, 2.05) is 11.4 Å². The molecule has 1 aliphatic rings. The first-order valence-corrected chi connectivity index (χ1v) is 12.0. The summed E-state index contributed by atoms with van der Waals surface area (Å²) in [6.07, 6.45) is 2.65. The molecule has 0 bridgehead atoms. The van der Waals surface area contributed by atoms with Crippen LogP contribution < -0.4 is 16.2 Å². The second-order valence-electron chi connectivity index (χ2n) is 8.17. The fourth-order valence-electron chi connectivity index (χ4n) is 4.14. The lowest BCUT2D eigenvalue weighted by Gasteiger charge is -2.11. The van der Waals surface area contributed by atoms with Crippen LogP contribution in [0, 0.1) is 11.8 Å². The van der Waals surface area contributed by atoms with Gasteiger partial charge in [-0.05, 0) is 48.3 Å². The van der Waals surface area contributed by atoms with E-state index in [1.54, 1.807) is 25.2 Å². The molecular formula is C23H25ClN4O4S. The molecule has 2 heterocycles. The van der Waals surface area contributed by atoms with Gasteiger partial charge in [0.25, 0.3) is 11.5 Å². The third kappa shape index (κ3) is 5.61. The molecule has 174 valence electrons. The van der Waals surface area contributed by atoms with Crippen molar-refractivity contribution in [2.45, 2.75) is 32.4 Å². The molecule has 1 fully saturated rings. The van der Waals surface area contributed by atoms with E-state index < -0.39 is 5.91 Å². The van der Waals surface area contributed by atoms with E-state index in [9.17, 15) is 14.4 Å². The summed E-state index contributed by atoms with van der Waals surface area (Å²) in [6.45, 7) is 1.10. The summed E-state index contributed by atoms with van der Waals surface area (Å²) in [4.78, 5) is 44.4. The van der Waals surface area contributed by atoms with Crippen molar-refractivity contribution in [1.82, 2.24) is 20.6 Å². The highest BCUT2D eigenvalue weighted by molar-refractivity contribution is 7.16. The largest absolute Gasteiger partial charge is 0.376 e. The van der Waals surface area contributed by atoms with Gasteiger partial charge < -0.3 is 20.4 Å². The number of hydrogen-bond donors (Lipinski definition) is 3. The van der Waals surface area contributed by atoms with Crippen LogP contribution in [0.3, 0.4) is 0 Å². The normalized spacial score (nSPS) is 17.9. The van der Waals surface area contributed by atoms with Crippen LogP contribution in [0.15, 0.2) is 34.4 Å². The first-order valence-electron chi connectivity index (χ1n) is 10.8. The second-order valence-corrected chi connectivity index (χ2v) is 9.47. The molecule has 10 heteroatoms. The van der Waals surface area contributed by atoms with Gasteiger partial charge in [-0.25, -0.2) is 4.98 Å². The number of rotatable bonds is 8. The van der Waals surface area contributed by atoms with E-state index in [0.717, 1.165) is 30.4 Å². The quantitative estimate of drug-likeness (QED) is 0.450. The Hall–Kier alpha value is -2.75. The monoisotopic (exact) mass is 488 g/mol. The van der Waals surface area contributed by atoms with Crippen molar-refractivity contribution < 1.29 is 14.3 Å². The van der Waals surface area contributed by atoms with E-state index >= 15 is 0 Å². The summed E-state index contributed by atoms with van der Waals surface area (Å²) in [5.74, 6) is -0.0158. The average molecular weight is 489 g/mol. The Labute approximate surface area is 199 Å². The van der Waals surface area contributed by atoms with E-state index in [1.165, 1.54) is 11.3 Å². The maximum Gasteiger partial charge on any atom is 0.287 e. The number of carbonyl (C=O) groups is 2. The standard InChI is InChI=1S/C23H25ClN4O4S/c1-25-20(29)15-6-5-14(7-15)10-32-11-16-12-33-23-18(16)21(30)27-19(28-23)22(31)26-9-13-3-2-4-17(24)8-13/h2-4,8,12,14-15H,5-7,9-11H2,1H3,(H,25,29)(H,26,31)(H,27,28,30). The van der Waals surface area contributed by atoms with Crippen LogP contribution in [0.2, 0.25) is 5.02 Å². The summed E-state index contributed by atoms with van der Waals surface area (Å²) in [5, 5.41) is 8.32. The van der Waals surface area contributed by atoms with Crippen LogP contribution in [0.5, 0.6) is 0 Å². The lowest BCUT2D eigenvalue weighted by atomic mass is 10.1. The van der Waals surface area contributed by atoms with Crippen LogP contribution in [-0.4, -0.2) is 35.4 Å². The minimum absolute atomic E-state index is 0.0324. The highest BCUT2D eigenvalue weighted by Crippen LogP contribution is 2.31. The molecule has 2 atom stereocenters. The first-order chi connectivity index (χ1) is 15.9. The molecule has 0 radical (unpaired) electrons. The molecule has 8 nitrogen and oxygen atoms in total. The van der Waals surface area contributed by atoms with Crippen molar-refractivity contribution >= 4 is 45.0 Å². The van der Waals surface area contributed by atoms with Crippen LogP contribution in [0.1, 0.15) is 41.0 Å². The van der Waals surface area contributed by atoms with Crippen molar-refractivity contribution in [2.24, 2.45) is 11.8 Å². The number of thiophene rings is 1. The minimum Gasteiger partial charge on any atom is -0.376 e. The molecule has 4 rings (SSSR count). The van der Waals surface area contributed by atoms with E-state index in [2.05, 4.69) is 20.6 Å². The second kappa shape index (κ2) is 10.5. The number of fused-ring (bicyclic) bond motifs is 1. The highest BCUT2D eigenvalue weighted by Gasteiger charge is 2.29. The lowest BCUT2D eigenvalue weighted by Crippen LogP contribution is -2.27. The highest BCUT2D eigenvalue weighted by atomic mass is 35.5. The predicted octanol–water partition coefficient (Wildman–Crippen LogP) is 3.25. The molecule has 33 heavy (non-hydrogen) atoms. The first kappa shape index (κ1) is 23.4. The van der Waals surface area contributed by atoms with Gasteiger partial charge in [0, 0.05) is 36.7 Å². The van der Waals surface area contributed by atoms with Gasteiger partial charge in [0.2, 0.25) is 11.7 Å². The van der Waals surface area contributed by atoms with Gasteiger partial charge in [0.15, 0.2) is 0 Å². The number of amides is 2. The summed E-state index contributed by atoms with van der Waals surface area (Å²) in [6, 6.07) is 7.17. The van der Waals surface area contributed by atoms with Crippen LogP contribution in [0.4, 0.5) is 0 Å². The predicted molar refractivity (Wildman–Crippen MR) is 127 cm³/mol. The number of benzene rings is 1. The number of hydrogen-bond acceptors (Lipinski definition) is 6. The molecule has 2 amide bonds. The Morgan fingerprint density at radius 1 is 1.33 bits per heavy atom. The smallest absolute Gasteiger partial charge is 0.287 e. The maximum absolute atomic E-state index is 12.7. The maximum atomic E-state index is 12.7. The zero-order valence-corrected chi connectivity index (χ0v) is 19.7. The Bertz CT molecular complexity index is 1220. The molecule has 1 aliphatic carbocycles. The number of aromatic amines is 1. The number of ether oxygens (including phenoxy) is 1. The van der Waals surface area contributed by atoms with Gasteiger partial charge in [-0.2, -0.15) is 0 Å². The molecule has 0 spiro atoms. The Morgan fingerprint density at radius 2 is 2.18 bits per heavy atom. The van der Waals surface area contributed by atoms with Crippen molar-refractivity contribution in [3.63, 3.8) is 0 Å². The summed E-state index contributed by atoms with van der Waals surface area (Å²) in [7, 11) is 1.66. The third-order valence-electron chi connectivity index (χ3n) is 5.85. The van der Waals surface area contributed by atoms with E-state index in [4.69, 9.17) is 16.3 Å². The zero-order valence-electron chi connectivity index (χ0n) is 18.2. The van der Waals surface area contributed by atoms with Crippen LogP contribution >= 0.6 is 22.9 Å². The molecule has 2 aromatic heterocycles. The van der Waals surface area contributed by atoms with Gasteiger partial charge in [-0.15, -0.1) is 11.3 Å². The Balaban J connectivity index is 1.36. The Morgan fingerprint density at radius 3 is 2.97 bits per heavy atom. The number of H-pyrrole nitrogens is 1. The number of nitrogens with zero attached hydrogens (tertiary/aromatic N) is 1. The van der Waals surface area contributed by atoms with Crippen molar-refractivity contribution in [3.8, 4) is 0 Å². The number of halogens is 1. The van der Waals surface area contributed by atoms with Gasteiger partial charge in [0.1, 0.15) is 4.83 Å². The summed E-state index contributed by atoms with van der Waals surface area (Å²) in [5.41, 5.74) is 1.22. The molecular weight excluding hydrogens is 464 g/mol. The van der Waals surface area contributed by atoms with E-state index in [0.29, 0.717) is 27.8 Å². The Kier molecular flexibility index (Phi) is 7.42. The minimum atomic E-state index is -0.466. The molecule has 3 N–H and O–H groups in total. The zero-order chi connectivity index (χ0) is 23.4. The average Bonchev–Trinajstić information content (AvgIpc) is 3.44. The van der Waals surface area contributed by atoms with Crippen LogP contribution in [0.25, 0.3) is 10.2 Å². The van der Waals surface area contributed by atoms with Crippen molar-refractivity contribution in [3.05, 3.63) is 62.0 Å². The van der Waals surface area contributed by atoms with Crippen molar-refractivity contribution in [2.75, 3.05) is 13.7 Å². The molecule has 1 saturated carbocycles. The number of nitrogens with one attached hydrogen (secondary N) is 3. The third-order valence-corrected chi connectivity index (χ3v) is 7.00. The van der Waals surface area contributed by atoms with Crippen molar-refractivity contribution in [1.29, 1.82) is 0 Å². The van der Waals surface area contributed by atoms with Crippen LogP contribution in [-0.2, 0) is 22.7 Å². The molecule has 2 unspecified atom stereocenters. The lowest BCUT2D eigenvalue weighted by molar-refractivity contribution is -0.124. The molecule has 0 saturated heterocycles. The topological polar surface area (TPSA) is 113 Å². The van der Waals surface area contributed by atoms with Gasteiger partial charge in [-0.3, -0.25) is 14.4 Å². The van der Waals surface area contributed by atoms with Gasteiger partial charge in [-0.1, -0.05) is 23.7 Å². The summed E-state index contributed by atoms with van der Waals surface area (Å²) >= 11 is 7.27. The molecule has 3 aromatic rings. The fourth-order valence-corrected chi connectivity index (χ4v) is 5.28. The van der Waals surface area contributed by atoms with Gasteiger partial charge in [0.05, 0.1) is 12.0 Å². The number of aromatic nitrogens is 2. The van der Waals surface area contributed by atoms with Gasteiger partial charge >= 0.3 is 0 Å². The molecule has 0 aliphatic heterocycles.